The predicted molar refractivity (Wildman–Crippen MR) is 55.5 cm³/mol. The summed E-state index contributed by atoms with van der Waals surface area (Å²) in [5, 5.41) is 17.2. The molecular weight excluding hydrogens is 214 g/mol. The Bertz CT molecular complexity index is 492. The van der Waals surface area contributed by atoms with Crippen LogP contribution in [0, 0.1) is 23.2 Å². The van der Waals surface area contributed by atoms with Crippen LogP contribution in [0.2, 0.25) is 5.02 Å². The zero-order valence-electron chi connectivity index (χ0n) is 7.62. The molecule has 0 spiro atoms. The minimum absolute atomic E-state index is 0.117. The Morgan fingerprint density at radius 3 is 2.80 bits per heavy atom. The van der Waals surface area contributed by atoms with E-state index in [9.17, 15) is 4.79 Å². The smallest absolute Gasteiger partial charge is 0.335 e. The second-order valence-electron chi connectivity index (χ2n) is 2.64. The largest absolute Gasteiger partial charge is 0.478 e. The monoisotopic (exact) mass is 219 g/mol. The first kappa shape index (κ1) is 11.1. The first-order valence-corrected chi connectivity index (χ1v) is 4.41. The molecule has 0 saturated carbocycles. The number of nitrogens with zero attached hydrogens (tertiary/aromatic N) is 1. The van der Waals surface area contributed by atoms with Crippen LogP contribution in [0.25, 0.3) is 0 Å². The summed E-state index contributed by atoms with van der Waals surface area (Å²) in [5.74, 6) is 4.25. The number of carboxylic acids is 1. The molecule has 4 heteroatoms. The fourth-order valence-corrected chi connectivity index (χ4v) is 1.16. The van der Waals surface area contributed by atoms with Gasteiger partial charge in [0.15, 0.2) is 0 Å². The molecule has 0 heterocycles. The molecule has 1 aromatic carbocycles. The van der Waals surface area contributed by atoms with Gasteiger partial charge in [-0.3, -0.25) is 0 Å². The van der Waals surface area contributed by atoms with Crippen molar-refractivity contribution in [3.8, 4) is 17.9 Å². The third-order valence-electron chi connectivity index (χ3n) is 1.61. The van der Waals surface area contributed by atoms with Gasteiger partial charge in [0.25, 0.3) is 0 Å². The Balaban J connectivity index is 3.01. The molecule has 0 bridgehead atoms. The van der Waals surface area contributed by atoms with Gasteiger partial charge in [0.05, 0.1) is 23.1 Å². The number of hydrogen-bond donors (Lipinski definition) is 1. The number of carbonyl (C=O) groups is 1. The molecule has 0 atom stereocenters. The number of aromatic carboxylic acids is 1. The number of halogens is 1. The number of hydrogen-bond acceptors (Lipinski definition) is 2. The molecule has 1 aromatic rings. The molecule has 0 fully saturated rings. The first-order chi connectivity index (χ1) is 7.15. The molecule has 0 aliphatic rings. The topological polar surface area (TPSA) is 61.1 Å². The molecule has 1 N–H and O–H groups in total. The van der Waals surface area contributed by atoms with Crippen LogP contribution in [0.3, 0.4) is 0 Å². The summed E-state index contributed by atoms with van der Waals surface area (Å²) < 4.78 is 0. The van der Waals surface area contributed by atoms with E-state index in [-0.39, 0.29) is 17.0 Å². The third-order valence-corrected chi connectivity index (χ3v) is 1.92. The van der Waals surface area contributed by atoms with Gasteiger partial charge in [0.1, 0.15) is 0 Å². The standard InChI is InChI=1S/C11H6ClNO2/c12-10-7-9(11(14)15)5-4-8(10)3-1-2-6-13/h4-5,7H,2H2,(H,14,15). The number of carboxylic acid groups (broad SMARTS) is 1. The van der Waals surface area contributed by atoms with Gasteiger partial charge in [-0.05, 0) is 18.2 Å². The lowest BCUT2D eigenvalue weighted by molar-refractivity contribution is 0.0697. The molecule has 0 unspecified atom stereocenters. The first-order valence-electron chi connectivity index (χ1n) is 4.04. The minimum Gasteiger partial charge on any atom is -0.478 e. The van der Waals surface area contributed by atoms with E-state index in [1.54, 1.807) is 0 Å². The molecule has 0 aromatic heterocycles. The normalized spacial score (nSPS) is 8.53. The van der Waals surface area contributed by atoms with E-state index in [0.717, 1.165) is 0 Å². The summed E-state index contributed by atoms with van der Waals surface area (Å²) in [6, 6.07) is 6.16. The quantitative estimate of drug-likeness (QED) is 0.738. The van der Waals surface area contributed by atoms with Crippen molar-refractivity contribution in [3.63, 3.8) is 0 Å². The average molecular weight is 220 g/mol. The maximum atomic E-state index is 10.6. The number of rotatable bonds is 1. The maximum absolute atomic E-state index is 10.6. The summed E-state index contributed by atoms with van der Waals surface area (Å²) in [5.41, 5.74) is 0.641. The lowest BCUT2D eigenvalue weighted by atomic mass is 10.1. The summed E-state index contributed by atoms with van der Waals surface area (Å²) in [6.45, 7) is 0. The Labute approximate surface area is 91.9 Å². The molecule has 0 aliphatic heterocycles. The molecule has 0 radical (unpaired) electrons. The second-order valence-corrected chi connectivity index (χ2v) is 3.04. The highest BCUT2D eigenvalue weighted by Gasteiger charge is 2.04. The highest BCUT2D eigenvalue weighted by molar-refractivity contribution is 6.32. The lowest BCUT2D eigenvalue weighted by Crippen LogP contribution is -1.95. The van der Waals surface area contributed by atoms with Crippen LogP contribution in [0.5, 0.6) is 0 Å². The zero-order valence-corrected chi connectivity index (χ0v) is 8.38. The van der Waals surface area contributed by atoms with Crippen LogP contribution in [0.1, 0.15) is 22.3 Å². The van der Waals surface area contributed by atoms with E-state index < -0.39 is 5.97 Å². The molecule has 15 heavy (non-hydrogen) atoms. The van der Waals surface area contributed by atoms with Crippen LogP contribution < -0.4 is 0 Å². The summed E-state index contributed by atoms with van der Waals surface area (Å²) in [4.78, 5) is 10.6. The van der Waals surface area contributed by atoms with Gasteiger partial charge in [-0.1, -0.05) is 23.4 Å². The highest BCUT2D eigenvalue weighted by Crippen LogP contribution is 2.16. The lowest BCUT2D eigenvalue weighted by Gasteiger charge is -1.97. The maximum Gasteiger partial charge on any atom is 0.335 e. The molecular formula is C11H6ClNO2. The summed E-state index contributed by atoms with van der Waals surface area (Å²) in [7, 11) is 0. The van der Waals surface area contributed by atoms with Gasteiger partial charge in [-0.25, -0.2) is 4.79 Å². The average Bonchev–Trinajstić information content (AvgIpc) is 2.20. The summed E-state index contributed by atoms with van der Waals surface area (Å²) >= 11 is 5.80. The van der Waals surface area contributed by atoms with Crippen LogP contribution in [-0.4, -0.2) is 11.1 Å². The van der Waals surface area contributed by atoms with Crippen molar-refractivity contribution in [3.05, 3.63) is 34.3 Å². The fraction of sp³-hybridized carbons (Fsp3) is 0.0909. The van der Waals surface area contributed by atoms with Gasteiger partial charge in [0, 0.05) is 5.56 Å². The Hall–Kier alpha value is -1.97. The van der Waals surface area contributed by atoms with E-state index >= 15 is 0 Å². The fourth-order valence-electron chi connectivity index (χ4n) is 0.928. The molecule has 0 aliphatic carbocycles. The van der Waals surface area contributed by atoms with Crippen molar-refractivity contribution in [2.24, 2.45) is 0 Å². The van der Waals surface area contributed by atoms with Crippen LogP contribution in [0.15, 0.2) is 18.2 Å². The molecule has 3 nitrogen and oxygen atoms in total. The van der Waals surface area contributed by atoms with E-state index in [2.05, 4.69) is 11.8 Å². The second kappa shape index (κ2) is 5.05. The Morgan fingerprint density at radius 1 is 1.53 bits per heavy atom. The molecule has 1 rings (SSSR count). The Kier molecular flexibility index (Phi) is 3.74. The van der Waals surface area contributed by atoms with Crippen molar-refractivity contribution < 1.29 is 9.90 Å². The predicted octanol–water partition coefficient (Wildman–Crippen LogP) is 2.30. The van der Waals surface area contributed by atoms with Gasteiger partial charge < -0.3 is 5.11 Å². The van der Waals surface area contributed by atoms with Crippen LogP contribution >= 0.6 is 11.6 Å². The van der Waals surface area contributed by atoms with Crippen LogP contribution in [-0.2, 0) is 0 Å². The summed E-state index contributed by atoms with van der Waals surface area (Å²) in [6.07, 6.45) is 0.122. The van der Waals surface area contributed by atoms with Crippen molar-refractivity contribution in [2.75, 3.05) is 0 Å². The zero-order chi connectivity index (χ0) is 11.3. The van der Waals surface area contributed by atoms with Gasteiger partial charge in [-0.15, -0.1) is 0 Å². The van der Waals surface area contributed by atoms with Crippen LogP contribution in [0.4, 0.5) is 0 Å². The minimum atomic E-state index is -1.03. The Morgan fingerprint density at radius 2 is 2.27 bits per heavy atom. The number of benzene rings is 1. The SMILES string of the molecule is N#CCC#Cc1ccc(C(=O)O)cc1Cl. The van der Waals surface area contributed by atoms with E-state index in [4.69, 9.17) is 22.0 Å². The molecule has 0 amide bonds. The molecule has 0 saturated heterocycles. The van der Waals surface area contributed by atoms with Crippen molar-refractivity contribution in [1.29, 1.82) is 5.26 Å². The van der Waals surface area contributed by atoms with Crippen molar-refractivity contribution >= 4 is 17.6 Å². The number of nitriles is 1. The van der Waals surface area contributed by atoms with Gasteiger partial charge in [0.2, 0.25) is 0 Å². The van der Waals surface area contributed by atoms with Gasteiger partial charge >= 0.3 is 5.97 Å². The van der Waals surface area contributed by atoms with E-state index in [1.165, 1.54) is 18.2 Å². The van der Waals surface area contributed by atoms with Crippen molar-refractivity contribution in [1.82, 2.24) is 0 Å². The van der Waals surface area contributed by atoms with Gasteiger partial charge in [-0.2, -0.15) is 5.26 Å². The van der Waals surface area contributed by atoms with E-state index in [1.807, 2.05) is 6.07 Å². The highest BCUT2D eigenvalue weighted by atomic mass is 35.5. The molecule has 74 valence electrons. The van der Waals surface area contributed by atoms with Crippen molar-refractivity contribution in [2.45, 2.75) is 6.42 Å². The third kappa shape index (κ3) is 3.02. The van der Waals surface area contributed by atoms with E-state index in [0.29, 0.717) is 5.56 Å².